The zero-order chi connectivity index (χ0) is 12.5. The van der Waals surface area contributed by atoms with E-state index in [2.05, 4.69) is 28.5 Å². The lowest BCUT2D eigenvalue weighted by atomic mass is 9.82. The van der Waals surface area contributed by atoms with Gasteiger partial charge in [-0.05, 0) is 41.8 Å². The number of thiophene rings is 1. The van der Waals surface area contributed by atoms with Crippen LogP contribution in [0, 0.1) is 5.92 Å². The molecule has 4 heteroatoms. The fraction of sp³-hybridized carbons (Fsp3) is 0.500. The maximum Gasteiger partial charge on any atom is 0.195 e. The second kappa shape index (κ2) is 4.96. The van der Waals surface area contributed by atoms with Crippen LogP contribution in [0.15, 0.2) is 24.1 Å². The molecule has 96 valence electrons. The molecule has 0 aromatic carbocycles. The normalized spacial score (nSPS) is 31.0. The first-order valence-corrected chi connectivity index (χ1v) is 7.39. The molecule has 3 aliphatic rings. The Labute approximate surface area is 111 Å². The molecule has 1 aromatic rings. The summed E-state index contributed by atoms with van der Waals surface area (Å²) >= 11 is 1.55. The van der Waals surface area contributed by atoms with Gasteiger partial charge in [0, 0.05) is 25.6 Å². The highest BCUT2D eigenvalue weighted by molar-refractivity contribution is 7.12. The highest BCUT2D eigenvalue weighted by Crippen LogP contribution is 2.36. The summed E-state index contributed by atoms with van der Waals surface area (Å²) < 4.78 is 0. The molecule has 3 fully saturated rings. The minimum absolute atomic E-state index is 0.0425. The summed E-state index contributed by atoms with van der Waals surface area (Å²) in [6.07, 6.45) is 3.93. The number of rotatable bonds is 3. The number of piperidine rings is 1. The van der Waals surface area contributed by atoms with Crippen LogP contribution >= 0.6 is 11.3 Å². The minimum atomic E-state index is 0.0425. The summed E-state index contributed by atoms with van der Waals surface area (Å²) in [6.45, 7) is 6.87. The Bertz CT molecular complexity index is 460. The van der Waals surface area contributed by atoms with Crippen molar-refractivity contribution in [2.75, 3.05) is 19.6 Å². The standard InChI is InChI=1S/C14H18N2OS/c1-2-13(17)14-7-11(9-18-14)12-8-15-16-5-3-10(12)4-6-16/h2,7,9-10,12,15H,1,3-6,8H2. The van der Waals surface area contributed by atoms with Gasteiger partial charge in [-0.1, -0.05) is 6.58 Å². The van der Waals surface area contributed by atoms with E-state index >= 15 is 0 Å². The van der Waals surface area contributed by atoms with Crippen LogP contribution in [0.5, 0.6) is 0 Å². The van der Waals surface area contributed by atoms with Gasteiger partial charge in [0.25, 0.3) is 0 Å². The van der Waals surface area contributed by atoms with Crippen molar-refractivity contribution in [3.63, 3.8) is 0 Å². The monoisotopic (exact) mass is 262 g/mol. The number of nitrogens with one attached hydrogen (secondary N) is 1. The van der Waals surface area contributed by atoms with Crippen molar-refractivity contribution in [1.29, 1.82) is 0 Å². The van der Waals surface area contributed by atoms with Crippen LogP contribution in [-0.2, 0) is 0 Å². The molecule has 1 N–H and O–H groups in total. The molecule has 3 nitrogen and oxygen atoms in total. The highest BCUT2D eigenvalue weighted by Gasteiger charge is 2.32. The summed E-state index contributed by atoms with van der Waals surface area (Å²) in [5.74, 6) is 1.36. The zero-order valence-electron chi connectivity index (χ0n) is 10.4. The van der Waals surface area contributed by atoms with Gasteiger partial charge in [-0.25, -0.2) is 5.01 Å². The van der Waals surface area contributed by atoms with Crippen LogP contribution in [0.25, 0.3) is 0 Å². The Kier molecular flexibility index (Phi) is 3.33. The molecule has 1 unspecified atom stereocenters. The molecule has 0 aliphatic carbocycles. The largest absolute Gasteiger partial charge is 0.288 e. The number of carbonyl (C=O) groups is 1. The average Bonchev–Trinajstić information content (AvgIpc) is 2.71. The van der Waals surface area contributed by atoms with Crippen LogP contribution in [0.2, 0.25) is 0 Å². The number of hydrogen-bond acceptors (Lipinski definition) is 4. The van der Waals surface area contributed by atoms with Gasteiger partial charge in [-0.15, -0.1) is 11.3 Å². The van der Waals surface area contributed by atoms with Crippen LogP contribution < -0.4 is 5.43 Å². The fourth-order valence-electron chi connectivity index (χ4n) is 3.02. The van der Waals surface area contributed by atoms with Crippen molar-refractivity contribution in [3.8, 4) is 0 Å². The van der Waals surface area contributed by atoms with E-state index in [1.54, 1.807) is 11.3 Å². The molecule has 0 radical (unpaired) electrons. The maximum absolute atomic E-state index is 11.6. The number of carbonyl (C=O) groups excluding carboxylic acids is 1. The smallest absolute Gasteiger partial charge is 0.195 e. The van der Waals surface area contributed by atoms with Gasteiger partial charge < -0.3 is 0 Å². The maximum atomic E-state index is 11.6. The summed E-state index contributed by atoms with van der Waals surface area (Å²) in [5.41, 5.74) is 4.83. The van der Waals surface area contributed by atoms with Crippen molar-refractivity contribution < 1.29 is 4.79 Å². The van der Waals surface area contributed by atoms with Crippen LogP contribution in [0.4, 0.5) is 0 Å². The predicted molar refractivity (Wildman–Crippen MR) is 73.9 cm³/mol. The third-order valence-electron chi connectivity index (χ3n) is 4.12. The van der Waals surface area contributed by atoms with Gasteiger partial charge in [0.1, 0.15) is 0 Å². The molecule has 18 heavy (non-hydrogen) atoms. The first-order chi connectivity index (χ1) is 8.78. The second-order valence-corrected chi connectivity index (χ2v) is 6.02. The summed E-state index contributed by atoms with van der Waals surface area (Å²) in [5, 5.41) is 4.48. The molecule has 1 aromatic heterocycles. The van der Waals surface area contributed by atoms with Crippen LogP contribution in [-0.4, -0.2) is 30.4 Å². The summed E-state index contributed by atoms with van der Waals surface area (Å²) in [6, 6.07) is 2.06. The SMILES string of the molecule is C=CC(=O)c1cc(C2CNN3CCC2CC3)cs1. The first kappa shape index (κ1) is 12.1. The Morgan fingerprint density at radius 2 is 2.28 bits per heavy atom. The van der Waals surface area contributed by atoms with Gasteiger partial charge in [-0.3, -0.25) is 10.2 Å². The van der Waals surface area contributed by atoms with Gasteiger partial charge in [-0.2, -0.15) is 0 Å². The molecular formula is C14H18N2OS. The Morgan fingerprint density at radius 3 is 3.00 bits per heavy atom. The zero-order valence-corrected chi connectivity index (χ0v) is 11.2. The number of ketones is 1. The molecule has 4 heterocycles. The third-order valence-corrected chi connectivity index (χ3v) is 5.08. The Hall–Kier alpha value is -0.970. The van der Waals surface area contributed by atoms with E-state index in [0.29, 0.717) is 5.92 Å². The quantitative estimate of drug-likeness (QED) is 0.671. The van der Waals surface area contributed by atoms with Gasteiger partial charge in [0.15, 0.2) is 5.78 Å². The molecular weight excluding hydrogens is 244 g/mol. The minimum Gasteiger partial charge on any atom is -0.288 e. The number of fused-ring (bicyclic) bond motifs is 4. The van der Waals surface area contributed by atoms with E-state index in [4.69, 9.17) is 0 Å². The van der Waals surface area contributed by atoms with Crippen molar-refractivity contribution in [1.82, 2.24) is 10.4 Å². The Morgan fingerprint density at radius 1 is 1.50 bits per heavy atom. The number of hydrazine groups is 1. The number of allylic oxidation sites excluding steroid dienone is 1. The van der Waals surface area contributed by atoms with Crippen molar-refractivity contribution in [2.45, 2.75) is 18.8 Å². The number of hydrogen-bond donors (Lipinski definition) is 1. The summed E-state index contributed by atoms with van der Waals surface area (Å²) in [7, 11) is 0. The van der Waals surface area contributed by atoms with Gasteiger partial charge in [0.2, 0.25) is 0 Å². The molecule has 0 saturated carbocycles. The fourth-order valence-corrected chi connectivity index (χ4v) is 3.93. The van der Waals surface area contributed by atoms with E-state index in [0.717, 1.165) is 30.4 Å². The lowest BCUT2D eigenvalue weighted by Gasteiger charge is -2.27. The van der Waals surface area contributed by atoms with Gasteiger partial charge in [0.05, 0.1) is 4.88 Å². The van der Waals surface area contributed by atoms with E-state index < -0.39 is 0 Å². The van der Waals surface area contributed by atoms with Crippen molar-refractivity contribution in [3.05, 3.63) is 34.5 Å². The van der Waals surface area contributed by atoms with E-state index in [1.165, 1.54) is 24.5 Å². The van der Waals surface area contributed by atoms with Crippen molar-refractivity contribution >= 4 is 17.1 Å². The third kappa shape index (κ3) is 2.16. The lowest BCUT2D eigenvalue weighted by Crippen LogP contribution is -2.39. The lowest BCUT2D eigenvalue weighted by molar-refractivity contribution is 0.105. The van der Waals surface area contributed by atoms with Crippen LogP contribution in [0.3, 0.4) is 0 Å². The first-order valence-electron chi connectivity index (χ1n) is 6.51. The summed E-state index contributed by atoms with van der Waals surface area (Å²) in [4.78, 5) is 12.4. The average molecular weight is 262 g/mol. The topological polar surface area (TPSA) is 32.3 Å². The molecule has 0 spiro atoms. The molecule has 3 aliphatic heterocycles. The molecule has 4 rings (SSSR count). The molecule has 0 amide bonds. The second-order valence-electron chi connectivity index (χ2n) is 5.11. The predicted octanol–water partition coefficient (Wildman–Crippen LogP) is 2.43. The van der Waals surface area contributed by atoms with Crippen LogP contribution in [0.1, 0.15) is 34.0 Å². The number of nitrogens with zero attached hydrogens (tertiary/aromatic N) is 1. The van der Waals surface area contributed by atoms with Gasteiger partial charge >= 0.3 is 0 Å². The Balaban J connectivity index is 1.83. The molecule has 3 saturated heterocycles. The van der Waals surface area contributed by atoms with Crippen molar-refractivity contribution in [2.24, 2.45) is 5.92 Å². The van der Waals surface area contributed by atoms with E-state index in [-0.39, 0.29) is 5.78 Å². The van der Waals surface area contributed by atoms with E-state index in [1.807, 2.05) is 0 Å². The van der Waals surface area contributed by atoms with E-state index in [9.17, 15) is 4.79 Å². The highest BCUT2D eigenvalue weighted by atomic mass is 32.1. The molecule has 1 atom stereocenters. The molecule has 2 bridgehead atoms.